The molecule has 4 rings (SSSR count). The Morgan fingerprint density at radius 3 is 2.31 bits per heavy atom. The van der Waals surface area contributed by atoms with Gasteiger partial charge in [0.1, 0.15) is 11.6 Å². The first-order valence-corrected chi connectivity index (χ1v) is 14.4. The number of halogens is 2. The number of carbonyl (C=O) groups excluding carboxylic acids is 2. The summed E-state index contributed by atoms with van der Waals surface area (Å²) in [6, 6.07) is 18.9. The smallest absolute Gasteiger partial charge is 0.548 e. The first kappa shape index (κ1) is 32.9. The van der Waals surface area contributed by atoms with Gasteiger partial charge in [-0.15, -0.1) is 0 Å². The van der Waals surface area contributed by atoms with E-state index in [1.165, 1.54) is 23.9 Å². The zero-order valence-electron chi connectivity index (χ0n) is 23.8. The summed E-state index contributed by atoms with van der Waals surface area (Å²) in [5.41, 5.74) is 4.79. The maximum Gasteiger partial charge on any atom is 1.00 e. The Labute approximate surface area is 260 Å². The Morgan fingerprint density at radius 1 is 0.952 bits per heavy atom. The third kappa shape index (κ3) is 8.68. The summed E-state index contributed by atoms with van der Waals surface area (Å²) in [5, 5.41) is 14.3. The van der Waals surface area contributed by atoms with Crippen molar-refractivity contribution in [2.24, 2.45) is 0 Å². The number of benzene rings is 3. The maximum absolute atomic E-state index is 14.0. The molecule has 42 heavy (non-hydrogen) atoms. The van der Waals surface area contributed by atoms with E-state index >= 15 is 0 Å². The summed E-state index contributed by atoms with van der Waals surface area (Å²) < 4.78 is 27.9. The van der Waals surface area contributed by atoms with Crippen molar-refractivity contribution in [2.75, 3.05) is 16.9 Å². The second-order valence-corrected chi connectivity index (χ2v) is 10.7. The molecule has 10 heteroatoms. The Balaban J connectivity index is 0.00000484. The Kier molecular flexibility index (Phi) is 12.2. The second kappa shape index (κ2) is 15.5. The number of anilines is 1. The molecule has 1 unspecified atom stereocenters. The van der Waals surface area contributed by atoms with Crippen LogP contribution >= 0.6 is 11.8 Å². The average molecular weight is 582 g/mol. The molecule has 0 saturated heterocycles. The number of carboxylic acids is 1. The normalized spacial score (nSPS) is 11.3. The fourth-order valence-corrected chi connectivity index (χ4v) is 5.10. The monoisotopic (exact) mass is 581 g/mol. The fraction of sp³-hybridized carbons (Fsp3) is 0.219. The van der Waals surface area contributed by atoms with Crippen molar-refractivity contribution in [2.45, 2.75) is 32.5 Å². The number of nitrogens with zero attached hydrogens (tertiary/aromatic N) is 2. The SMILES string of the molecule is CSCCC(NC(=O)c1ccc(CN(Cc2cc(F)cc(F)c2)c2cccnc2)cc1-c1ccccc1C)C(=O)[O-].[Li+]. The van der Waals surface area contributed by atoms with Crippen LogP contribution in [0.3, 0.4) is 0 Å². The van der Waals surface area contributed by atoms with Gasteiger partial charge in [-0.3, -0.25) is 9.78 Å². The van der Waals surface area contributed by atoms with Crippen molar-refractivity contribution in [1.29, 1.82) is 0 Å². The molecule has 3 aromatic carbocycles. The maximum atomic E-state index is 14.0. The molecule has 1 N–H and O–H groups in total. The van der Waals surface area contributed by atoms with Gasteiger partial charge in [0.05, 0.1) is 23.9 Å². The van der Waals surface area contributed by atoms with E-state index in [0.717, 1.165) is 28.4 Å². The molecule has 1 atom stereocenters. The van der Waals surface area contributed by atoms with Crippen molar-refractivity contribution < 1.29 is 42.3 Å². The molecule has 0 fully saturated rings. The van der Waals surface area contributed by atoms with Crippen molar-refractivity contribution in [3.8, 4) is 11.1 Å². The molecule has 6 nitrogen and oxygen atoms in total. The van der Waals surface area contributed by atoms with E-state index in [0.29, 0.717) is 29.0 Å². The zero-order chi connectivity index (χ0) is 29.4. The number of nitrogens with one attached hydrogen (secondary N) is 1. The number of aliphatic carboxylic acids is 1. The van der Waals surface area contributed by atoms with E-state index in [9.17, 15) is 23.5 Å². The minimum absolute atomic E-state index is 0. The number of aryl methyl sites for hydroxylation is 1. The van der Waals surface area contributed by atoms with Gasteiger partial charge in [0.2, 0.25) is 0 Å². The van der Waals surface area contributed by atoms with Gasteiger partial charge >= 0.3 is 18.9 Å². The molecule has 0 aliphatic rings. The first-order chi connectivity index (χ1) is 19.7. The van der Waals surface area contributed by atoms with E-state index in [1.807, 2.05) is 54.5 Å². The Hall–Kier alpha value is -3.64. The number of aromatic nitrogens is 1. The topological polar surface area (TPSA) is 85.4 Å². The van der Waals surface area contributed by atoms with E-state index in [-0.39, 0.29) is 31.8 Å². The van der Waals surface area contributed by atoms with Crippen LogP contribution < -0.4 is 34.2 Å². The molecule has 0 aliphatic heterocycles. The molecular weight excluding hydrogens is 551 g/mol. The number of pyridine rings is 1. The van der Waals surface area contributed by atoms with Gasteiger partial charge in [0.15, 0.2) is 0 Å². The number of carbonyl (C=O) groups is 2. The van der Waals surface area contributed by atoms with Crippen LogP contribution in [0.2, 0.25) is 0 Å². The van der Waals surface area contributed by atoms with Crippen LogP contribution in [0.4, 0.5) is 14.5 Å². The first-order valence-electron chi connectivity index (χ1n) is 13.0. The molecular formula is C32H30F2LiN3O3S. The number of hydrogen-bond acceptors (Lipinski definition) is 6. The molecule has 1 heterocycles. The van der Waals surface area contributed by atoms with E-state index < -0.39 is 29.6 Å². The quantitative estimate of drug-likeness (QED) is 0.258. The van der Waals surface area contributed by atoms with Crippen LogP contribution in [0.5, 0.6) is 0 Å². The number of hydrogen-bond donors (Lipinski definition) is 1. The van der Waals surface area contributed by atoms with Gasteiger partial charge in [-0.2, -0.15) is 11.8 Å². The van der Waals surface area contributed by atoms with Crippen LogP contribution in [-0.2, 0) is 17.9 Å². The van der Waals surface area contributed by atoms with Crippen LogP contribution in [-0.4, -0.2) is 34.9 Å². The summed E-state index contributed by atoms with van der Waals surface area (Å²) in [5.74, 6) is -2.60. The Bertz CT molecular complexity index is 1500. The molecule has 1 amide bonds. The predicted molar refractivity (Wildman–Crippen MR) is 156 cm³/mol. The van der Waals surface area contributed by atoms with Gasteiger partial charge in [-0.25, -0.2) is 8.78 Å². The third-order valence-electron chi connectivity index (χ3n) is 6.64. The van der Waals surface area contributed by atoms with E-state index in [1.54, 1.807) is 30.6 Å². The summed E-state index contributed by atoms with van der Waals surface area (Å²) in [4.78, 5) is 31.2. The van der Waals surface area contributed by atoms with Gasteiger partial charge in [-0.1, -0.05) is 30.3 Å². The number of amides is 1. The summed E-state index contributed by atoms with van der Waals surface area (Å²) in [6.45, 7) is 2.50. The van der Waals surface area contributed by atoms with Crippen LogP contribution in [0.15, 0.2) is 85.2 Å². The number of carboxylic acid groups (broad SMARTS) is 1. The molecule has 212 valence electrons. The third-order valence-corrected chi connectivity index (χ3v) is 7.29. The van der Waals surface area contributed by atoms with Crippen molar-refractivity contribution in [3.63, 3.8) is 0 Å². The number of thioether (sulfide) groups is 1. The van der Waals surface area contributed by atoms with Crippen molar-refractivity contribution in [3.05, 3.63) is 119 Å². The van der Waals surface area contributed by atoms with E-state index in [2.05, 4.69) is 10.3 Å². The summed E-state index contributed by atoms with van der Waals surface area (Å²) in [6.07, 6.45) is 5.43. The largest absolute Gasteiger partial charge is 1.00 e. The molecule has 0 saturated carbocycles. The molecule has 0 bridgehead atoms. The van der Waals surface area contributed by atoms with E-state index in [4.69, 9.17) is 0 Å². The molecule has 4 aromatic rings. The molecule has 0 radical (unpaired) electrons. The summed E-state index contributed by atoms with van der Waals surface area (Å²) in [7, 11) is 0. The summed E-state index contributed by atoms with van der Waals surface area (Å²) >= 11 is 1.49. The van der Waals surface area contributed by atoms with Crippen LogP contribution in [0.1, 0.15) is 33.5 Å². The fourth-order valence-electron chi connectivity index (χ4n) is 4.63. The van der Waals surface area contributed by atoms with Gasteiger partial charge in [0.25, 0.3) is 5.91 Å². The molecule has 0 aliphatic carbocycles. The van der Waals surface area contributed by atoms with Gasteiger partial charge < -0.3 is 20.1 Å². The minimum atomic E-state index is -1.33. The molecule has 1 aromatic heterocycles. The second-order valence-electron chi connectivity index (χ2n) is 9.67. The predicted octanol–water partition coefficient (Wildman–Crippen LogP) is 2.15. The van der Waals surface area contributed by atoms with Crippen molar-refractivity contribution >= 4 is 29.3 Å². The zero-order valence-corrected chi connectivity index (χ0v) is 24.6. The van der Waals surface area contributed by atoms with Crippen molar-refractivity contribution in [1.82, 2.24) is 10.3 Å². The Morgan fingerprint density at radius 2 is 1.67 bits per heavy atom. The molecule has 0 spiro atoms. The van der Waals surface area contributed by atoms with Crippen LogP contribution in [0.25, 0.3) is 11.1 Å². The standard InChI is InChI=1S/C32H31F2N3O3S.Li/c1-21-6-3-4-8-27(21)29-16-22(9-10-28(29)31(38)36-30(32(39)40)11-13-41-2)19-37(26-7-5-12-35-18-26)20-23-14-24(33)17-25(34)15-23;/h3-10,12,14-18,30H,11,13,19-20H2,1-2H3,(H,36,38)(H,39,40);/q;+1/p-1. The minimum Gasteiger partial charge on any atom is -0.548 e. The average Bonchev–Trinajstić information content (AvgIpc) is 2.95. The van der Waals surface area contributed by atoms with Gasteiger partial charge in [-0.05, 0) is 89.6 Å². The van der Waals surface area contributed by atoms with Gasteiger partial charge in [0, 0.05) is 30.9 Å². The number of rotatable bonds is 12. The van der Waals surface area contributed by atoms with Crippen LogP contribution in [0, 0.1) is 18.6 Å².